The zero-order valence-corrected chi connectivity index (χ0v) is 11.6. The molecule has 5 heteroatoms. The Bertz CT molecular complexity index is 695. The highest BCUT2D eigenvalue weighted by Gasteiger charge is 2.17. The Morgan fingerprint density at radius 1 is 1.25 bits per heavy atom. The van der Waals surface area contributed by atoms with E-state index in [0.29, 0.717) is 17.0 Å². The van der Waals surface area contributed by atoms with Crippen LogP contribution in [0.3, 0.4) is 0 Å². The quantitative estimate of drug-likeness (QED) is 0.891. The van der Waals surface area contributed by atoms with Crippen LogP contribution in [-0.4, -0.2) is 16.6 Å². The van der Waals surface area contributed by atoms with Crippen molar-refractivity contribution in [3.63, 3.8) is 0 Å². The second-order valence-electron chi connectivity index (χ2n) is 4.61. The molecule has 1 aliphatic heterocycles. The number of amides is 1. The average Bonchev–Trinajstić information content (AvgIpc) is 2.51. The van der Waals surface area contributed by atoms with Gasteiger partial charge in [-0.15, -0.1) is 0 Å². The summed E-state index contributed by atoms with van der Waals surface area (Å²) in [5.74, 6) is 1.47. The van der Waals surface area contributed by atoms with Crippen LogP contribution in [0, 0.1) is 0 Å². The highest BCUT2D eigenvalue weighted by molar-refractivity contribution is 7.98. The van der Waals surface area contributed by atoms with Crippen LogP contribution in [-0.2, 0) is 12.2 Å². The smallest absolute Gasteiger partial charge is 0.255 e. The Hall–Kier alpha value is -2.01. The second-order valence-corrected chi connectivity index (χ2v) is 5.72. The molecule has 3 rings (SSSR count). The Morgan fingerprint density at radius 3 is 2.85 bits per heavy atom. The standard InChI is InChI=1S/C15H14N2O2S/c18-14-11-9-20-7-6-12(11)16-8-13(14)17-15(19)10-4-2-1-3-5-10/h1-5,8H,6-7,9H2,(H,16,18)(H,17,19). The van der Waals surface area contributed by atoms with Gasteiger partial charge in [-0.3, -0.25) is 9.59 Å². The molecule has 0 spiro atoms. The number of aromatic amines is 1. The van der Waals surface area contributed by atoms with Gasteiger partial charge in [-0.2, -0.15) is 11.8 Å². The lowest BCUT2D eigenvalue weighted by Crippen LogP contribution is -2.23. The first-order valence-electron chi connectivity index (χ1n) is 6.43. The van der Waals surface area contributed by atoms with Gasteiger partial charge in [0.1, 0.15) is 5.69 Å². The van der Waals surface area contributed by atoms with Crippen molar-refractivity contribution in [1.29, 1.82) is 0 Å². The number of rotatable bonds is 2. The summed E-state index contributed by atoms with van der Waals surface area (Å²) < 4.78 is 0. The van der Waals surface area contributed by atoms with Crippen LogP contribution in [0.5, 0.6) is 0 Å². The fraction of sp³-hybridized carbons (Fsp3) is 0.200. The van der Waals surface area contributed by atoms with Crippen molar-refractivity contribution in [1.82, 2.24) is 4.98 Å². The molecule has 0 atom stereocenters. The van der Waals surface area contributed by atoms with E-state index in [-0.39, 0.29) is 11.3 Å². The van der Waals surface area contributed by atoms with Crippen LogP contribution < -0.4 is 10.7 Å². The van der Waals surface area contributed by atoms with Crippen molar-refractivity contribution in [2.75, 3.05) is 11.1 Å². The molecule has 0 saturated carbocycles. The highest BCUT2D eigenvalue weighted by Crippen LogP contribution is 2.21. The zero-order chi connectivity index (χ0) is 13.9. The highest BCUT2D eigenvalue weighted by atomic mass is 32.2. The molecule has 102 valence electrons. The molecule has 0 fully saturated rings. The number of hydrogen-bond acceptors (Lipinski definition) is 3. The van der Waals surface area contributed by atoms with E-state index >= 15 is 0 Å². The number of fused-ring (bicyclic) bond motifs is 1. The average molecular weight is 286 g/mol. The van der Waals surface area contributed by atoms with E-state index in [1.54, 1.807) is 42.2 Å². The topological polar surface area (TPSA) is 62.0 Å². The maximum atomic E-state index is 12.3. The lowest BCUT2D eigenvalue weighted by Gasteiger charge is -2.15. The lowest BCUT2D eigenvalue weighted by atomic mass is 10.1. The number of pyridine rings is 1. The number of aryl methyl sites for hydroxylation is 1. The van der Waals surface area contributed by atoms with Crippen molar-refractivity contribution in [2.45, 2.75) is 12.2 Å². The summed E-state index contributed by atoms with van der Waals surface area (Å²) in [5, 5.41) is 2.68. The summed E-state index contributed by atoms with van der Waals surface area (Å²) in [6.07, 6.45) is 2.47. The Labute approximate surface area is 120 Å². The number of hydrogen-bond donors (Lipinski definition) is 2. The van der Waals surface area contributed by atoms with Gasteiger partial charge in [-0.1, -0.05) is 18.2 Å². The van der Waals surface area contributed by atoms with Crippen LogP contribution in [0.4, 0.5) is 5.69 Å². The SMILES string of the molecule is O=C(Nc1c[nH]c2c(c1=O)CSCC2)c1ccccc1. The van der Waals surface area contributed by atoms with Crippen LogP contribution in [0.25, 0.3) is 0 Å². The van der Waals surface area contributed by atoms with Gasteiger partial charge in [0.25, 0.3) is 5.91 Å². The zero-order valence-electron chi connectivity index (χ0n) is 10.8. The van der Waals surface area contributed by atoms with Gasteiger partial charge in [0.15, 0.2) is 0 Å². The first kappa shape index (κ1) is 13.0. The number of nitrogens with one attached hydrogen (secondary N) is 2. The number of carbonyl (C=O) groups is 1. The van der Waals surface area contributed by atoms with Gasteiger partial charge in [0.05, 0.1) is 0 Å². The summed E-state index contributed by atoms with van der Waals surface area (Å²) in [6.45, 7) is 0. The van der Waals surface area contributed by atoms with E-state index in [1.807, 2.05) is 6.07 Å². The van der Waals surface area contributed by atoms with E-state index < -0.39 is 0 Å². The number of benzene rings is 1. The largest absolute Gasteiger partial charge is 0.363 e. The van der Waals surface area contributed by atoms with Crippen LogP contribution in [0.1, 0.15) is 21.6 Å². The van der Waals surface area contributed by atoms with Crippen molar-refractivity contribution < 1.29 is 4.79 Å². The van der Waals surface area contributed by atoms with Crippen molar-refractivity contribution in [3.05, 3.63) is 63.6 Å². The Balaban J connectivity index is 1.89. The summed E-state index contributed by atoms with van der Waals surface area (Å²) in [6, 6.07) is 8.88. The number of aromatic nitrogens is 1. The third-order valence-electron chi connectivity index (χ3n) is 3.30. The number of H-pyrrole nitrogens is 1. The maximum Gasteiger partial charge on any atom is 0.255 e. The van der Waals surface area contributed by atoms with Gasteiger partial charge in [-0.25, -0.2) is 0 Å². The fourth-order valence-corrected chi connectivity index (χ4v) is 3.21. The molecule has 20 heavy (non-hydrogen) atoms. The summed E-state index contributed by atoms with van der Waals surface area (Å²) >= 11 is 1.74. The molecular formula is C15H14N2O2S. The molecule has 0 bridgehead atoms. The first-order valence-corrected chi connectivity index (χ1v) is 7.59. The van der Waals surface area contributed by atoms with Crippen LogP contribution in [0.2, 0.25) is 0 Å². The minimum absolute atomic E-state index is 0.0739. The van der Waals surface area contributed by atoms with Gasteiger partial charge >= 0.3 is 0 Å². The van der Waals surface area contributed by atoms with E-state index in [4.69, 9.17) is 0 Å². The van der Waals surface area contributed by atoms with Gasteiger partial charge < -0.3 is 10.3 Å². The van der Waals surface area contributed by atoms with Gasteiger partial charge in [0.2, 0.25) is 5.43 Å². The molecule has 1 aromatic carbocycles. The van der Waals surface area contributed by atoms with E-state index in [9.17, 15) is 9.59 Å². The summed E-state index contributed by atoms with van der Waals surface area (Å²) in [5.41, 5.74) is 2.56. The monoisotopic (exact) mass is 286 g/mol. The molecule has 4 nitrogen and oxygen atoms in total. The molecule has 0 aliphatic carbocycles. The van der Waals surface area contributed by atoms with Crippen molar-refractivity contribution in [2.24, 2.45) is 0 Å². The summed E-state index contributed by atoms with van der Waals surface area (Å²) in [7, 11) is 0. The first-order chi connectivity index (χ1) is 9.75. The predicted molar refractivity (Wildman–Crippen MR) is 81.3 cm³/mol. The third kappa shape index (κ3) is 2.49. The predicted octanol–water partition coefficient (Wildman–Crippen LogP) is 2.42. The molecule has 2 N–H and O–H groups in total. The van der Waals surface area contributed by atoms with E-state index in [0.717, 1.165) is 23.4 Å². The molecule has 0 saturated heterocycles. The minimum Gasteiger partial charge on any atom is -0.363 e. The van der Waals surface area contributed by atoms with E-state index in [1.165, 1.54) is 0 Å². The van der Waals surface area contributed by atoms with E-state index in [2.05, 4.69) is 10.3 Å². The second kappa shape index (κ2) is 5.54. The number of carbonyl (C=O) groups excluding carboxylic acids is 1. The molecule has 1 aromatic heterocycles. The molecule has 1 amide bonds. The molecule has 2 heterocycles. The van der Waals surface area contributed by atoms with Crippen LogP contribution >= 0.6 is 11.8 Å². The maximum absolute atomic E-state index is 12.3. The van der Waals surface area contributed by atoms with Gasteiger partial charge in [0, 0.05) is 28.8 Å². The fourth-order valence-electron chi connectivity index (χ4n) is 2.21. The molecular weight excluding hydrogens is 272 g/mol. The number of anilines is 1. The molecule has 0 radical (unpaired) electrons. The summed E-state index contributed by atoms with van der Waals surface area (Å²) in [4.78, 5) is 27.5. The Kier molecular flexibility index (Phi) is 3.60. The van der Waals surface area contributed by atoms with Gasteiger partial charge in [-0.05, 0) is 24.3 Å². The lowest BCUT2D eigenvalue weighted by molar-refractivity contribution is 0.102. The van der Waals surface area contributed by atoms with Crippen molar-refractivity contribution >= 4 is 23.4 Å². The molecule has 1 aliphatic rings. The van der Waals surface area contributed by atoms with Crippen molar-refractivity contribution in [3.8, 4) is 0 Å². The number of thioether (sulfide) groups is 1. The normalized spacial score (nSPS) is 13.6. The van der Waals surface area contributed by atoms with Crippen LogP contribution in [0.15, 0.2) is 41.3 Å². The molecule has 0 unspecified atom stereocenters. The molecule has 2 aromatic rings. The third-order valence-corrected chi connectivity index (χ3v) is 4.29. The minimum atomic E-state index is -0.264. The Morgan fingerprint density at radius 2 is 2.05 bits per heavy atom.